The second-order valence-corrected chi connectivity index (χ2v) is 33.4. The first kappa shape index (κ1) is 91.9. The SMILES string of the molecule is CCCCCCc1ccc(CCCCCC)c2c1-c1nc-2nc2[nH]c(nc3nc(nc4[nH]c(n1)c1c(OCCCC)c(-c5cccc(OC)c5)c(-c5cccc(OC)c5)c(OCCCC)c41)-c1c(OCCCC)c(-c4cccc(OC)c4)c(-c4cccc(OC)c4)c(OCCCC)c1-3)c1c(OCCCC)c(-c3cccc(OC)c3)c(-c3cccc(OC)c3)c(OCCCC)c21. The molecule has 10 aromatic carbocycles. The molecule has 0 saturated heterocycles. The van der Waals surface area contributed by atoms with Gasteiger partial charge in [-0.1, -0.05) is 217 Å². The third-order valence-corrected chi connectivity index (χ3v) is 24.4. The molecule has 0 saturated carbocycles. The van der Waals surface area contributed by atoms with E-state index in [9.17, 15) is 0 Å². The van der Waals surface area contributed by atoms with Crippen molar-refractivity contribution in [1.29, 1.82) is 0 Å². The minimum atomic E-state index is 0.235. The number of H-pyrrole nitrogens is 2. The van der Waals surface area contributed by atoms with Gasteiger partial charge in [0.15, 0.2) is 23.3 Å². The second kappa shape index (κ2) is 44.0. The number of fused-ring (bicyclic) bond motifs is 20. The van der Waals surface area contributed by atoms with Gasteiger partial charge in [-0.3, -0.25) is 0 Å². The van der Waals surface area contributed by atoms with Crippen molar-refractivity contribution in [2.45, 2.75) is 197 Å². The van der Waals surface area contributed by atoms with Crippen molar-refractivity contribution in [3.63, 3.8) is 0 Å². The zero-order valence-electron chi connectivity index (χ0n) is 78.4. The zero-order valence-corrected chi connectivity index (χ0v) is 78.4. The Bertz CT molecular complexity index is 5960. The van der Waals surface area contributed by atoms with Gasteiger partial charge in [0.1, 0.15) is 91.6 Å². The Labute approximate surface area is 765 Å². The van der Waals surface area contributed by atoms with Crippen LogP contribution in [0.5, 0.6) is 69.0 Å². The number of unbranched alkanes of at least 4 members (excludes halogenated alkanes) is 12. The standard InChI is InChI=1S/C110H126N8O12/c1-15-23-31-33-41-69-55-56-70(42-34-32-24-16-2)90-89(69)103-111-104(90)113-106-92-94(100(128-60-28-20-6)86(74-46-38-52-80(66-74)122-12)84(98(92)126-58-26-18-4)72-44-36-50-78(64-72)120-10)108(115-106)117-110-96-95(101(129-61-29-21-7)87(75-47-39-53-81(67-75)123-13)88(102(96)130-62-30-22-8)76-48-40-54-82(68-76)124-14)109(118-110)116-107-93-91(105(112-103)114-107)97(125-57-25-17-3)83(71-43-35-49-77(63-71)119-9)85(99(93)127-59-27-19-5)73-45-37-51-79(65-73)121-11/h35-40,43-56,63-68H,15-34,41-42,57-62H2,1-14H3,(H2,111,112,113,114,115,116,117,118). The molecule has 3 aromatic heterocycles. The molecule has 20 heteroatoms. The summed E-state index contributed by atoms with van der Waals surface area (Å²) in [6.07, 6.45) is 19.0. The lowest BCUT2D eigenvalue weighted by molar-refractivity contribution is 0.305. The van der Waals surface area contributed by atoms with Crippen LogP contribution in [0.25, 0.3) is 156 Å². The lowest BCUT2D eigenvalue weighted by atomic mass is 9.87. The highest BCUT2D eigenvalue weighted by Gasteiger charge is 2.39. The fraction of sp³-hybridized carbons (Fsp3) is 0.382. The molecule has 15 rings (SSSR count). The summed E-state index contributed by atoms with van der Waals surface area (Å²) in [5.74, 6) is 8.31. The predicted octanol–water partition coefficient (Wildman–Crippen LogP) is 28.2. The summed E-state index contributed by atoms with van der Waals surface area (Å²) in [7, 11) is 10.2. The Morgan fingerprint density at radius 3 is 0.654 bits per heavy atom. The lowest BCUT2D eigenvalue weighted by Crippen LogP contribution is -2.07. The van der Waals surface area contributed by atoms with Crippen LogP contribution in [-0.2, 0) is 12.8 Å². The summed E-state index contributed by atoms with van der Waals surface area (Å²) in [6, 6.07) is 53.5. The lowest BCUT2D eigenvalue weighted by Gasteiger charge is -2.24. The summed E-state index contributed by atoms with van der Waals surface area (Å²) in [5.41, 5.74) is 15.7. The Morgan fingerprint density at radius 2 is 0.431 bits per heavy atom. The molecule has 0 unspecified atom stereocenters. The highest BCUT2D eigenvalue weighted by Crippen LogP contribution is 2.61. The quantitative estimate of drug-likeness (QED) is 0.0339. The molecule has 0 fully saturated rings. The number of methoxy groups -OCH3 is 6. The van der Waals surface area contributed by atoms with Gasteiger partial charge in [0.2, 0.25) is 0 Å². The van der Waals surface area contributed by atoms with Crippen LogP contribution in [0.2, 0.25) is 0 Å². The molecule has 13 aromatic rings. The van der Waals surface area contributed by atoms with Crippen LogP contribution in [0.3, 0.4) is 0 Å². The minimum Gasteiger partial charge on any atom is -0.497 e. The van der Waals surface area contributed by atoms with Gasteiger partial charge in [-0.25, -0.2) is 29.9 Å². The fourth-order valence-corrected chi connectivity index (χ4v) is 17.6. The normalized spacial score (nSPS) is 11.6. The number of nitrogens with one attached hydrogen (secondary N) is 2. The number of aromatic nitrogens is 8. The van der Waals surface area contributed by atoms with Gasteiger partial charge in [0, 0.05) is 44.5 Å². The van der Waals surface area contributed by atoms with E-state index in [2.05, 4.69) is 138 Å². The number of hydrogen-bond donors (Lipinski definition) is 2. The number of ether oxygens (including phenoxy) is 12. The monoisotopic (exact) mass is 1750 g/mol. The van der Waals surface area contributed by atoms with Gasteiger partial charge < -0.3 is 66.8 Å². The number of benzene rings is 10. The average Bonchev–Trinajstić information content (AvgIpc) is 1.55. The molecule has 2 N–H and O–H groups in total. The van der Waals surface area contributed by atoms with Crippen molar-refractivity contribution in [1.82, 2.24) is 39.9 Å². The fourth-order valence-electron chi connectivity index (χ4n) is 17.6. The van der Waals surface area contributed by atoms with E-state index < -0.39 is 0 Å². The number of hydrogen-bond acceptors (Lipinski definition) is 18. The van der Waals surface area contributed by atoms with Crippen molar-refractivity contribution in [3.8, 4) is 181 Å². The molecule has 8 bridgehead atoms. The van der Waals surface area contributed by atoms with Gasteiger partial charge in [-0.15, -0.1) is 0 Å². The Morgan fingerprint density at radius 1 is 0.215 bits per heavy atom. The highest BCUT2D eigenvalue weighted by molar-refractivity contribution is 6.21. The Balaban J connectivity index is 1.29. The predicted molar refractivity (Wildman–Crippen MR) is 526 cm³/mol. The van der Waals surface area contributed by atoms with E-state index in [1.54, 1.807) is 42.7 Å². The zero-order chi connectivity index (χ0) is 90.6. The summed E-state index contributed by atoms with van der Waals surface area (Å²) >= 11 is 0. The number of nitrogens with zero attached hydrogens (tertiary/aromatic N) is 6. The summed E-state index contributed by atoms with van der Waals surface area (Å²) in [4.78, 5) is 45.0. The molecule has 0 amide bonds. The number of aryl methyl sites for hydroxylation is 2. The molecule has 0 radical (unpaired) electrons. The van der Waals surface area contributed by atoms with Gasteiger partial charge in [0.25, 0.3) is 0 Å². The van der Waals surface area contributed by atoms with Crippen LogP contribution < -0.4 is 56.8 Å². The highest BCUT2D eigenvalue weighted by atomic mass is 16.5. The van der Waals surface area contributed by atoms with Crippen molar-refractivity contribution < 1.29 is 56.8 Å². The van der Waals surface area contributed by atoms with E-state index in [0.29, 0.717) is 212 Å². The van der Waals surface area contributed by atoms with E-state index in [1.807, 2.05) is 84.9 Å². The first-order chi connectivity index (χ1) is 63.9. The summed E-state index contributed by atoms with van der Waals surface area (Å²) in [6.45, 7) is 19.5. The van der Waals surface area contributed by atoms with Crippen molar-refractivity contribution >= 4 is 44.1 Å². The molecule has 0 atom stereocenters. The van der Waals surface area contributed by atoms with E-state index >= 15 is 0 Å². The maximum Gasteiger partial charge on any atom is 0.168 e. The third-order valence-electron chi connectivity index (χ3n) is 24.4. The summed E-state index contributed by atoms with van der Waals surface area (Å²) in [5, 5.41) is 2.37. The van der Waals surface area contributed by atoms with Crippen LogP contribution in [-0.4, -0.2) is 122 Å². The molecule has 20 nitrogen and oxygen atoms in total. The van der Waals surface area contributed by atoms with E-state index in [0.717, 1.165) is 193 Å². The maximum absolute atomic E-state index is 7.73. The van der Waals surface area contributed by atoms with E-state index in [4.69, 9.17) is 86.7 Å². The molecular weight excluding hydrogens is 1630 g/mol. The molecular formula is C110H126N8O12. The molecule has 0 spiro atoms. The van der Waals surface area contributed by atoms with E-state index in [1.165, 1.54) is 0 Å². The smallest absolute Gasteiger partial charge is 0.168 e. The van der Waals surface area contributed by atoms with Crippen LogP contribution in [0.15, 0.2) is 158 Å². The molecule has 2 aliphatic heterocycles. The molecule has 2 aliphatic rings. The van der Waals surface area contributed by atoms with Gasteiger partial charge >= 0.3 is 0 Å². The molecule has 5 heterocycles. The van der Waals surface area contributed by atoms with E-state index in [-0.39, 0.29) is 11.6 Å². The van der Waals surface area contributed by atoms with Crippen molar-refractivity contribution in [2.75, 3.05) is 82.3 Å². The maximum atomic E-state index is 7.73. The minimum absolute atomic E-state index is 0.235. The van der Waals surface area contributed by atoms with Crippen molar-refractivity contribution in [3.05, 3.63) is 169 Å². The van der Waals surface area contributed by atoms with Crippen molar-refractivity contribution in [2.24, 2.45) is 0 Å². The topological polar surface area (TPSA) is 220 Å². The van der Waals surface area contributed by atoms with Crippen LogP contribution >= 0.6 is 0 Å². The Hall–Kier alpha value is -12.8. The third kappa shape index (κ3) is 19.4. The molecule has 130 heavy (non-hydrogen) atoms. The summed E-state index contributed by atoms with van der Waals surface area (Å²) < 4.78 is 83.4. The first-order valence-corrected chi connectivity index (χ1v) is 47.3. The second-order valence-electron chi connectivity index (χ2n) is 33.4. The number of aromatic amines is 2. The van der Waals surface area contributed by atoms with Crippen LogP contribution in [0, 0.1) is 0 Å². The van der Waals surface area contributed by atoms with Gasteiger partial charge in [0.05, 0.1) is 115 Å². The largest absolute Gasteiger partial charge is 0.497 e. The molecule has 678 valence electrons. The van der Waals surface area contributed by atoms with Crippen LogP contribution in [0.4, 0.5) is 0 Å². The van der Waals surface area contributed by atoms with Gasteiger partial charge in [-0.2, -0.15) is 0 Å². The molecule has 0 aliphatic carbocycles. The Kier molecular flexibility index (Phi) is 31.1. The average molecular weight is 1750 g/mol. The van der Waals surface area contributed by atoms with Crippen LogP contribution in [0.1, 0.15) is 195 Å². The number of rotatable bonds is 46. The first-order valence-electron chi connectivity index (χ1n) is 47.3. The van der Waals surface area contributed by atoms with Gasteiger partial charge in [-0.05, 0) is 182 Å².